The summed E-state index contributed by atoms with van der Waals surface area (Å²) in [7, 11) is 0. The van der Waals surface area contributed by atoms with E-state index in [1.807, 2.05) is 36.4 Å². The largest absolute Gasteiger partial charge is 0.355 e. The second-order valence-electron chi connectivity index (χ2n) is 8.45. The number of hydrogen-bond donors (Lipinski definition) is 2. The van der Waals surface area contributed by atoms with E-state index in [-0.39, 0.29) is 30.9 Å². The van der Waals surface area contributed by atoms with E-state index in [0.29, 0.717) is 24.5 Å². The van der Waals surface area contributed by atoms with Crippen LogP contribution in [0.15, 0.2) is 54.6 Å². The first-order chi connectivity index (χ1) is 16.1. The van der Waals surface area contributed by atoms with E-state index < -0.39 is 0 Å². The van der Waals surface area contributed by atoms with Gasteiger partial charge < -0.3 is 15.5 Å². The molecule has 0 atom stereocenters. The Morgan fingerprint density at radius 3 is 2.33 bits per heavy atom. The molecule has 4 amide bonds. The summed E-state index contributed by atoms with van der Waals surface area (Å²) in [6.07, 6.45) is 3.40. The molecule has 0 saturated carbocycles. The van der Waals surface area contributed by atoms with E-state index in [1.54, 1.807) is 18.2 Å². The summed E-state index contributed by atoms with van der Waals surface area (Å²) in [5, 5.41) is 5.80. The Hall–Kier alpha value is -3.39. The van der Waals surface area contributed by atoms with Crippen molar-refractivity contribution in [1.29, 1.82) is 0 Å². The minimum Gasteiger partial charge on any atom is -0.355 e. The Kier molecular flexibility index (Phi) is 7.57. The van der Waals surface area contributed by atoms with Crippen LogP contribution in [0.2, 0.25) is 0 Å². The minimum atomic E-state index is -0.342. The maximum absolute atomic E-state index is 12.9. The first kappa shape index (κ1) is 22.8. The number of carbonyl (C=O) groups is 3. The van der Waals surface area contributed by atoms with Crippen molar-refractivity contribution in [2.24, 2.45) is 0 Å². The second kappa shape index (κ2) is 11.0. The van der Waals surface area contributed by atoms with Gasteiger partial charge in [-0.05, 0) is 56.6 Å². The van der Waals surface area contributed by atoms with Gasteiger partial charge in [-0.15, -0.1) is 0 Å². The average molecular weight is 450 g/mol. The van der Waals surface area contributed by atoms with Gasteiger partial charge in [-0.2, -0.15) is 0 Å². The summed E-state index contributed by atoms with van der Waals surface area (Å²) in [5.74, 6) is -0.475. The van der Waals surface area contributed by atoms with Gasteiger partial charge in [-0.3, -0.25) is 19.4 Å². The maximum atomic E-state index is 12.9. The molecule has 2 aromatic carbocycles. The quantitative estimate of drug-likeness (QED) is 0.606. The molecule has 174 valence electrons. The van der Waals surface area contributed by atoms with Crippen molar-refractivity contribution in [1.82, 2.24) is 15.5 Å². The first-order valence-electron chi connectivity index (χ1n) is 11.6. The Bertz CT molecular complexity index is 975. The predicted molar refractivity (Wildman–Crippen MR) is 128 cm³/mol. The molecule has 2 heterocycles. The summed E-state index contributed by atoms with van der Waals surface area (Å²) in [6, 6.07) is 16.5. The number of urea groups is 1. The number of likely N-dealkylation sites (tertiary alicyclic amines) is 1. The van der Waals surface area contributed by atoms with Crippen molar-refractivity contribution < 1.29 is 14.4 Å². The molecule has 2 aliphatic heterocycles. The van der Waals surface area contributed by atoms with Crippen LogP contribution < -0.4 is 20.4 Å². The minimum absolute atomic E-state index is 0.0565. The van der Waals surface area contributed by atoms with Gasteiger partial charge in [0.1, 0.15) is 13.1 Å². The average Bonchev–Trinajstić information content (AvgIpc) is 3.36. The fourth-order valence-corrected chi connectivity index (χ4v) is 4.32. The zero-order chi connectivity index (χ0) is 23.0. The van der Waals surface area contributed by atoms with E-state index in [1.165, 1.54) is 22.6 Å². The molecule has 2 N–H and O–H groups in total. The van der Waals surface area contributed by atoms with Gasteiger partial charge in [0.25, 0.3) is 0 Å². The summed E-state index contributed by atoms with van der Waals surface area (Å²) in [5.41, 5.74) is 2.16. The Balaban J connectivity index is 1.34. The van der Waals surface area contributed by atoms with Crippen LogP contribution in [0.1, 0.15) is 24.8 Å². The molecule has 0 unspecified atom stereocenters. The number of para-hydroxylation sites is 2. The molecule has 0 aliphatic carbocycles. The third-order valence-corrected chi connectivity index (χ3v) is 6.06. The summed E-state index contributed by atoms with van der Waals surface area (Å²) >= 11 is 0. The van der Waals surface area contributed by atoms with Crippen molar-refractivity contribution in [3.05, 3.63) is 60.2 Å². The molecule has 0 radical (unpaired) electrons. The Labute approximate surface area is 194 Å². The highest BCUT2D eigenvalue weighted by Gasteiger charge is 2.33. The van der Waals surface area contributed by atoms with E-state index >= 15 is 0 Å². The van der Waals surface area contributed by atoms with Crippen molar-refractivity contribution in [2.75, 3.05) is 49.1 Å². The number of anilines is 2. The number of rotatable bonds is 8. The molecule has 0 spiro atoms. The van der Waals surface area contributed by atoms with Crippen LogP contribution in [0.4, 0.5) is 16.2 Å². The molecule has 1 fully saturated rings. The molecule has 0 aromatic heterocycles. The summed E-state index contributed by atoms with van der Waals surface area (Å²) in [6.45, 7) is 4.06. The van der Waals surface area contributed by atoms with Crippen LogP contribution in [-0.2, 0) is 16.1 Å². The van der Waals surface area contributed by atoms with Crippen molar-refractivity contribution in [3.8, 4) is 0 Å². The molecule has 33 heavy (non-hydrogen) atoms. The van der Waals surface area contributed by atoms with Gasteiger partial charge in [0, 0.05) is 13.1 Å². The van der Waals surface area contributed by atoms with Crippen LogP contribution in [0.5, 0.6) is 0 Å². The molecular weight excluding hydrogens is 418 g/mol. The van der Waals surface area contributed by atoms with Crippen LogP contribution in [0.3, 0.4) is 0 Å². The third kappa shape index (κ3) is 5.90. The first-order valence-corrected chi connectivity index (χ1v) is 11.6. The third-order valence-electron chi connectivity index (χ3n) is 6.06. The van der Waals surface area contributed by atoms with Gasteiger partial charge in [0.05, 0.1) is 11.4 Å². The maximum Gasteiger partial charge on any atom is 0.322 e. The van der Waals surface area contributed by atoms with E-state index in [0.717, 1.165) is 31.6 Å². The van der Waals surface area contributed by atoms with Crippen LogP contribution in [0, 0.1) is 0 Å². The van der Waals surface area contributed by atoms with Crippen LogP contribution >= 0.6 is 0 Å². The van der Waals surface area contributed by atoms with Crippen molar-refractivity contribution >= 4 is 29.2 Å². The number of fused-ring (bicyclic) bond motifs is 1. The Morgan fingerprint density at radius 1 is 0.879 bits per heavy atom. The van der Waals surface area contributed by atoms with Crippen LogP contribution in [-0.4, -0.2) is 62.0 Å². The number of nitrogens with one attached hydrogen (secondary N) is 2. The lowest BCUT2D eigenvalue weighted by molar-refractivity contribution is -0.123. The lowest BCUT2D eigenvalue weighted by Gasteiger charge is -2.35. The highest BCUT2D eigenvalue weighted by molar-refractivity contribution is 6.12. The fraction of sp³-hybridized carbons (Fsp3) is 0.400. The highest BCUT2D eigenvalue weighted by Crippen LogP contribution is 2.33. The molecule has 4 rings (SSSR count). The van der Waals surface area contributed by atoms with E-state index in [4.69, 9.17) is 0 Å². The predicted octanol–water partition coefficient (Wildman–Crippen LogP) is 2.35. The number of benzene rings is 2. The number of hydrogen-bond acceptors (Lipinski definition) is 4. The molecular formula is C25H31N5O3. The van der Waals surface area contributed by atoms with Gasteiger partial charge in [0.15, 0.2) is 0 Å². The van der Waals surface area contributed by atoms with Crippen molar-refractivity contribution in [3.63, 3.8) is 0 Å². The van der Waals surface area contributed by atoms with Gasteiger partial charge in [-0.25, -0.2) is 4.79 Å². The standard InChI is InChI=1S/C25H31N5O3/c31-23(26-13-8-16-28-14-6-7-15-28)18-29-21-11-4-5-12-22(21)30(19-24(29)32)25(33)27-17-20-9-2-1-3-10-20/h1-5,9-12H,6-8,13-19H2,(H,26,31)(H,27,33). The lowest BCUT2D eigenvalue weighted by Crippen LogP contribution is -2.53. The number of carbonyl (C=O) groups excluding carboxylic acids is 3. The van der Waals surface area contributed by atoms with Crippen LogP contribution in [0.25, 0.3) is 0 Å². The molecule has 2 aliphatic rings. The number of nitrogens with zero attached hydrogens (tertiary/aromatic N) is 3. The van der Waals surface area contributed by atoms with Gasteiger partial charge >= 0.3 is 6.03 Å². The number of amides is 4. The van der Waals surface area contributed by atoms with E-state index in [2.05, 4.69) is 15.5 Å². The molecule has 8 heteroatoms. The molecule has 1 saturated heterocycles. The Morgan fingerprint density at radius 2 is 1.58 bits per heavy atom. The monoisotopic (exact) mass is 449 g/mol. The highest BCUT2D eigenvalue weighted by atomic mass is 16.2. The van der Waals surface area contributed by atoms with E-state index in [9.17, 15) is 14.4 Å². The van der Waals surface area contributed by atoms with Gasteiger partial charge in [0.2, 0.25) is 11.8 Å². The lowest BCUT2D eigenvalue weighted by atomic mass is 10.1. The van der Waals surface area contributed by atoms with Crippen molar-refractivity contribution in [2.45, 2.75) is 25.8 Å². The normalized spacial score (nSPS) is 15.9. The molecule has 2 aromatic rings. The zero-order valence-corrected chi connectivity index (χ0v) is 18.8. The summed E-state index contributed by atoms with van der Waals surface area (Å²) in [4.78, 5) is 43.6. The smallest absolute Gasteiger partial charge is 0.322 e. The van der Waals surface area contributed by atoms with Gasteiger partial charge in [-0.1, -0.05) is 42.5 Å². The fourth-order valence-electron chi connectivity index (χ4n) is 4.32. The molecule has 0 bridgehead atoms. The zero-order valence-electron chi connectivity index (χ0n) is 18.8. The molecule has 8 nitrogen and oxygen atoms in total. The second-order valence-corrected chi connectivity index (χ2v) is 8.45. The summed E-state index contributed by atoms with van der Waals surface area (Å²) < 4.78 is 0. The SMILES string of the molecule is O=C(CN1C(=O)CN(C(=O)NCc2ccccc2)c2ccccc21)NCCCN1CCCC1. The topological polar surface area (TPSA) is 85.0 Å².